The van der Waals surface area contributed by atoms with Gasteiger partial charge in [0, 0.05) is 10.2 Å². The molecule has 0 atom stereocenters. The largest absolute Gasteiger partial charge is 0.480 e. The van der Waals surface area contributed by atoms with Crippen molar-refractivity contribution >= 4 is 39.5 Å². The van der Waals surface area contributed by atoms with Crippen molar-refractivity contribution in [1.82, 2.24) is 5.32 Å². The molecule has 1 aromatic carbocycles. The van der Waals surface area contributed by atoms with E-state index < -0.39 is 31.1 Å². The molecule has 8 heteroatoms. The molecule has 0 aliphatic carbocycles. The first-order valence-electron chi connectivity index (χ1n) is 5.55. The SMILES string of the molecule is Cc1c(Br)cccc1NC(=O)NC(=O)COCC(=O)O. The number of halogens is 1. The van der Waals surface area contributed by atoms with Gasteiger partial charge in [0.15, 0.2) is 0 Å². The number of hydrogen-bond acceptors (Lipinski definition) is 4. The topological polar surface area (TPSA) is 105 Å². The molecule has 0 unspecified atom stereocenters. The van der Waals surface area contributed by atoms with Crippen LogP contribution in [0, 0.1) is 6.92 Å². The highest BCUT2D eigenvalue weighted by Gasteiger charge is 2.10. The maximum Gasteiger partial charge on any atom is 0.329 e. The van der Waals surface area contributed by atoms with Crippen molar-refractivity contribution in [2.75, 3.05) is 18.5 Å². The minimum atomic E-state index is -1.19. The highest BCUT2D eigenvalue weighted by atomic mass is 79.9. The number of carboxylic acid groups (broad SMARTS) is 1. The molecule has 0 saturated carbocycles. The van der Waals surface area contributed by atoms with E-state index in [4.69, 9.17) is 5.11 Å². The molecule has 0 fully saturated rings. The number of rotatable bonds is 5. The zero-order chi connectivity index (χ0) is 15.1. The number of imide groups is 1. The third-order valence-corrected chi connectivity index (χ3v) is 3.09. The minimum Gasteiger partial charge on any atom is -0.480 e. The molecule has 1 aromatic rings. The lowest BCUT2D eigenvalue weighted by molar-refractivity contribution is -0.143. The Morgan fingerprint density at radius 2 is 2.00 bits per heavy atom. The summed E-state index contributed by atoms with van der Waals surface area (Å²) >= 11 is 3.32. The molecular weight excluding hydrogens is 332 g/mol. The Labute approximate surface area is 123 Å². The molecule has 0 heterocycles. The summed E-state index contributed by atoms with van der Waals surface area (Å²) in [5.74, 6) is -1.91. The predicted molar refractivity (Wildman–Crippen MR) is 74.5 cm³/mol. The highest BCUT2D eigenvalue weighted by Crippen LogP contribution is 2.23. The maximum absolute atomic E-state index is 11.6. The van der Waals surface area contributed by atoms with Gasteiger partial charge in [-0.1, -0.05) is 22.0 Å². The summed E-state index contributed by atoms with van der Waals surface area (Å²) in [6, 6.07) is 4.54. The summed E-state index contributed by atoms with van der Waals surface area (Å²) in [7, 11) is 0. The summed E-state index contributed by atoms with van der Waals surface area (Å²) in [5.41, 5.74) is 1.37. The van der Waals surface area contributed by atoms with Crippen LogP contribution in [0.4, 0.5) is 10.5 Å². The lowest BCUT2D eigenvalue weighted by Crippen LogP contribution is -2.37. The van der Waals surface area contributed by atoms with Crippen LogP contribution >= 0.6 is 15.9 Å². The molecule has 0 saturated heterocycles. The van der Waals surface area contributed by atoms with Crippen LogP contribution in [0.3, 0.4) is 0 Å². The normalized spacial score (nSPS) is 9.90. The highest BCUT2D eigenvalue weighted by molar-refractivity contribution is 9.10. The fourth-order valence-corrected chi connectivity index (χ4v) is 1.66. The van der Waals surface area contributed by atoms with E-state index in [2.05, 4.69) is 26.0 Å². The molecule has 0 aliphatic rings. The molecule has 7 nitrogen and oxygen atoms in total. The van der Waals surface area contributed by atoms with Crippen LogP contribution in [0.2, 0.25) is 0 Å². The summed E-state index contributed by atoms with van der Waals surface area (Å²) in [5, 5.41) is 12.9. The quantitative estimate of drug-likeness (QED) is 0.750. The first kappa shape index (κ1) is 16.1. The molecular formula is C12H13BrN2O5. The monoisotopic (exact) mass is 344 g/mol. The third-order valence-electron chi connectivity index (χ3n) is 2.23. The van der Waals surface area contributed by atoms with E-state index in [9.17, 15) is 14.4 Å². The van der Waals surface area contributed by atoms with Gasteiger partial charge in [0.1, 0.15) is 13.2 Å². The standard InChI is InChI=1S/C12H13BrN2O5/c1-7-8(13)3-2-4-9(7)14-12(19)15-10(16)5-20-6-11(17)18/h2-4H,5-6H2,1H3,(H,17,18)(H2,14,15,16,19). The van der Waals surface area contributed by atoms with Crippen molar-refractivity contribution in [2.24, 2.45) is 0 Å². The van der Waals surface area contributed by atoms with Crippen LogP contribution < -0.4 is 10.6 Å². The molecule has 0 bridgehead atoms. The Kier molecular flexibility index (Phi) is 6.13. The first-order chi connectivity index (χ1) is 9.40. The minimum absolute atomic E-state index is 0.503. The number of carbonyl (C=O) groups excluding carboxylic acids is 2. The summed E-state index contributed by atoms with van der Waals surface area (Å²) in [4.78, 5) is 33.0. The average molecular weight is 345 g/mol. The Hall–Kier alpha value is -1.93. The van der Waals surface area contributed by atoms with E-state index >= 15 is 0 Å². The molecule has 0 aromatic heterocycles. The fraction of sp³-hybridized carbons (Fsp3) is 0.250. The lowest BCUT2D eigenvalue weighted by atomic mass is 10.2. The molecule has 0 spiro atoms. The first-order valence-corrected chi connectivity index (χ1v) is 6.35. The number of anilines is 1. The fourth-order valence-electron chi connectivity index (χ4n) is 1.29. The summed E-state index contributed by atoms with van der Waals surface area (Å²) in [6.07, 6.45) is 0. The number of amides is 3. The van der Waals surface area contributed by atoms with Gasteiger partial charge in [0.2, 0.25) is 0 Å². The number of aliphatic carboxylic acids is 1. The number of nitrogens with one attached hydrogen (secondary N) is 2. The van der Waals surface area contributed by atoms with Crippen molar-refractivity contribution in [3.8, 4) is 0 Å². The van der Waals surface area contributed by atoms with Gasteiger partial charge in [-0.15, -0.1) is 0 Å². The summed E-state index contributed by atoms with van der Waals surface area (Å²) in [6.45, 7) is 0.703. The van der Waals surface area contributed by atoms with Gasteiger partial charge in [-0.25, -0.2) is 9.59 Å². The van der Waals surface area contributed by atoms with Crippen LogP contribution in [0.15, 0.2) is 22.7 Å². The van der Waals surface area contributed by atoms with Crippen molar-refractivity contribution in [3.05, 3.63) is 28.2 Å². The van der Waals surface area contributed by atoms with E-state index in [1.54, 1.807) is 19.1 Å². The van der Waals surface area contributed by atoms with Gasteiger partial charge < -0.3 is 15.2 Å². The van der Waals surface area contributed by atoms with Gasteiger partial charge in [-0.3, -0.25) is 10.1 Å². The number of hydrogen-bond donors (Lipinski definition) is 3. The zero-order valence-corrected chi connectivity index (χ0v) is 12.2. The second-order valence-corrected chi connectivity index (χ2v) is 4.66. The van der Waals surface area contributed by atoms with Gasteiger partial charge >= 0.3 is 12.0 Å². The molecule has 1 rings (SSSR count). The van der Waals surface area contributed by atoms with Gasteiger partial charge in [-0.2, -0.15) is 0 Å². The van der Waals surface area contributed by atoms with Crippen LogP contribution in [-0.4, -0.2) is 36.2 Å². The Morgan fingerprint density at radius 1 is 1.30 bits per heavy atom. The van der Waals surface area contributed by atoms with Crippen molar-refractivity contribution < 1.29 is 24.2 Å². The molecule has 20 heavy (non-hydrogen) atoms. The average Bonchev–Trinajstić information content (AvgIpc) is 2.34. The number of ether oxygens (including phenoxy) is 1. The number of carboxylic acids is 1. The van der Waals surface area contributed by atoms with Gasteiger partial charge in [0.05, 0.1) is 0 Å². The van der Waals surface area contributed by atoms with Gasteiger partial charge in [-0.05, 0) is 24.6 Å². The Balaban J connectivity index is 2.45. The molecule has 108 valence electrons. The van der Waals surface area contributed by atoms with Gasteiger partial charge in [0.25, 0.3) is 5.91 Å². The second-order valence-electron chi connectivity index (χ2n) is 3.80. The molecule has 0 aliphatic heterocycles. The van der Waals surface area contributed by atoms with Crippen LogP contribution in [0.5, 0.6) is 0 Å². The van der Waals surface area contributed by atoms with E-state index in [-0.39, 0.29) is 0 Å². The summed E-state index contributed by atoms with van der Waals surface area (Å²) < 4.78 is 5.38. The van der Waals surface area contributed by atoms with E-state index in [1.807, 2.05) is 11.4 Å². The number of urea groups is 1. The van der Waals surface area contributed by atoms with E-state index in [0.29, 0.717) is 5.69 Å². The number of benzene rings is 1. The van der Waals surface area contributed by atoms with Crippen molar-refractivity contribution in [1.29, 1.82) is 0 Å². The zero-order valence-electron chi connectivity index (χ0n) is 10.6. The van der Waals surface area contributed by atoms with Crippen LogP contribution in [0.1, 0.15) is 5.56 Å². The predicted octanol–water partition coefficient (Wildman–Crippen LogP) is 1.51. The Bertz CT molecular complexity index is 533. The van der Waals surface area contributed by atoms with Crippen molar-refractivity contribution in [3.63, 3.8) is 0 Å². The molecule has 0 radical (unpaired) electrons. The Morgan fingerprint density at radius 3 is 2.65 bits per heavy atom. The molecule has 3 amide bonds. The second kappa shape index (κ2) is 7.61. The maximum atomic E-state index is 11.6. The van der Waals surface area contributed by atoms with Crippen LogP contribution in [0.25, 0.3) is 0 Å². The lowest BCUT2D eigenvalue weighted by Gasteiger charge is -2.10. The third kappa shape index (κ3) is 5.37. The van der Waals surface area contributed by atoms with Crippen molar-refractivity contribution in [2.45, 2.75) is 6.92 Å². The molecule has 3 N–H and O–H groups in total. The van der Waals surface area contributed by atoms with E-state index in [0.717, 1.165) is 10.0 Å². The number of carbonyl (C=O) groups is 3. The van der Waals surface area contributed by atoms with Crippen LogP contribution in [-0.2, 0) is 14.3 Å². The smallest absolute Gasteiger partial charge is 0.329 e. The van der Waals surface area contributed by atoms with E-state index in [1.165, 1.54) is 0 Å².